The van der Waals surface area contributed by atoms with Crippen molar-refractivity contribution in [2.24, 2.45) is 5.16 Å². The van der Waals surface area contributed by atoms with Crippen LogP contribution in [0, 0.1) is 0 Å². The number of unbranched alkanes of at least 4 members (excludes halogenated alkanes) is 4. The summed E-state index contributed by atoms with van der Waals surface area (Å²) in [6.07, 6.45) is 1.45. The summed E-state index contributed by atoms with van der Waals surface area (Å²) in [7, 11) is -4.79. The van der Waals surface area contributed by atoms with Crippen LogP contribution in [0.2, 0.25) is 0 Å². The highest BCUT2D eigenvalue weighted by Gasteiger charge is 2.44. The highest BCUT2D eigenvalue weighted by molar-refractivity contribution is 8.14. The number of aliphatic hydroxyl groups excluding tert-OH is 4. The van der Waals surface area contributed by atoms with Gasteiger partial charge in [0.15, 0.2) is 0 Å². The summed E-state index contributed by atoms with van der Waals surface area (Å²) in [5.41, 5.74) is -1.11. The average molecular weight is 464 g/mol. The van der Waals surface area contributed by atoms with Crippen molar-refractivity contribution < 1.29 is 42.4 Å². The Morgan fingerprint density at radius 1 is 1.07 bits per heavy atom. The van der Waals surface area contributed by atoms with E-state index in [0.717, 1.165) is 43.2 Å². The maximum absolute atomic E-state index is 10.8. The van der Waals surface area contributed by atoms with E-state index in [1.807, 2.05) is 6.26 Å². The first-order chi connectivity index (χ1) is 13.2. The fraction of sp³-hybridized carbons (Fsp3) is 0.933. The van der Waals surface area contributed by atoms with E-state index in [2.05, 4.69) is 9.44 Å². The summed E-state index contributed by atoms with van der Waals surface area (Å²) in [4.78, 5) is 0. The molecule has 1 heterocycles. The van der Waals surface area contributed by atoms with Crippen LogP contribution in [-0.4, -0.2) is 86.9 Å². The van der Waals surface area contributed by atoms with Crippen molar-refractivity contribution in [2.75, 3.05) is 18.6 Å². The van der Waals surface area contributed by atoms with Crippen LogP contribution >= 0.6 is 23.5 Å². The Morgan fingerprint density at radius 2 is 1.71 bits per heavy atom. The van der Waals surface area contributed by atoms with Crippen LogP contribution in [0.15, 0.2) is 5.16 Å². The molecule has 28 heavy (non-hydrogen) atoms. The van der Waals surface area contributed by atoms with Gasteiger partial charge in [0.25, 0.3) is 0 Å². The molecule has 0 aromatic heterocycles. The standard InChI is InChI=1S/C15H29NO9S3/c1-26-8-6-4-2-3-5-7-11(16-25-28(21,22)23)27-15-14(20)13(19)12(18)10(9-17)24-15/h10,12-15,17-20H,2-9H2,1H3,(H,21,22,23)/b16-11-/t10-,12+,13-,14+,15-/m0/s1. The molecule has 0 aromatic rings. The minimum absolute atomic E-state index is 0.131. The first kappa shape index (κ1) is 25.9. The third kappa shape index (κ3) is 9.59. The van der Waals surface area contributed by atoms with Crippen LogP contribution in [0.4, 0.5) is 0 Å². The number of nitrogens with zero attached hydrogens (tertiary/aromatic N) is 1. The highest BCUT2D eigenvalue weighted by Crippen LogP contribution is 2.30. The van der Waals surface area contributed by atoms with E-state index in [-0.39, 0.29) is 5.04 Å². The van der Waals surface area contributed by atoms with Gasteiger partial charge in [0.2, 0.25) is 0 Å². The topological polar surface area (TPSA) is 166 Å². The van der Waals surface area contributed by atoms with Gasteiger partial charge in [-0.25, -0.2) is 4.28 Å². The van der Waals surface area contributed by atoms with Crippen LogP contribution in [0.1, 0.15) is 38.5 Å². The minimum Gasteiger partial charge on any atom is -0.394 e. The van der Waals surface area contributed by atoms with Gasteiger partial charge in [-0.15, -0.1) is 0 Å². The van der Waals surface area contributed by atoms with E-state index in [1.54, 1.807) is 11.8 Å². The number of aliphatic hydroxyl groups is 4. The molecule has 0 amide bonds. The molecule has 1 fully saturated rings. The van der Waals surface area contributed by atoms with Gasteiger partial charge in [-0.1, -0.05) is 36.2 Å². The lowest BCUT2D eigenvalue weighted by molar-refractivity contribution is -0.205. The van der Waals surface area contributed by atoms with Gasteiger partial charge in [0.1, 0.15) is 34.9 Å². The van der Waals surface area contributed by atoms with Crippen LogP contribution in [0.25, 0.3) is 0 Å². The molecule has 1 aliphatic heterocycles. The molecule has 0 saturated carbocycles. The largest absolute Gasteiger partial charge is 0.466 e. The second-order valence-electron chi connectivity index (χ2n) is 6.31. The van der Waals surface area contributed by atoms with E-state index in [4.69, 9.17) is 9.29 Å². The van der Waals surface area contributed by atoms with Crippen molar-refractivity contribution in [2.45, 2.75) is 68.4 Å². The number of thioether (sulfide) groups is 2. The Hall–Kier alpha value is -0.120. The van der Waals surface area contributed by atoms with Gasteiger partial charge in [-0.3, -0.25) is 4.55 Å². The monoisotopic (exact) mass is 463 g/mol. The van der Waals surface area contributed by atoms with E-state index >= 15 is 0 Å². The average Bonchev–Trinajstić information content (AvgIpc) is 2.64. The quantitative estimate of drug-likeness (QED) is 0.0891. The predicted molar refractivity (Wildman–Crippen MR) is 108 cm³/mol. The zero-order valence-electron chi connectivity index (χ0n) is 15.6. The number of hydrogen-bond donors (Lipinski definition) is 5. The molecule has 1 aliphatic rings. The zero-order chi connectivity index (χ0) is 21.2. The van der Waals surface area contributed by atoms with Gasteiger partial charge in [0.05, 0.1) is 6.61 Å². The summed E-state index contributed by atoms with van der Waals surface area (Å²) in [6.45, 7) is -0.577. The van der Waals surface area contributed by atoms with Crippen molar-refractivity contribution in [3.05, 3.63) is 0 Å². The Morgan fingerprint density at radius 3 is 2.32 bits per heavy atom. The van der Waals surface area contributed by atoms with Crippen LogP contribution < -0.4 is 0 Å². The molecule has 0 bridgehead atoms. The van der Waals surface area contributed by atoms with Crippen molar-refractivity contribution >= 4 is 39.0 Å². The summed E-state index contributed by atoms with van der Waals surface area (Å²) in [6, 6.07) is 0. The molecule has 1 rings (SSSR count). The van der Waals surface area contributed by atoms with Crippen molar-refractivity contribution in [3.63, 3.8) is 0 Å². The lowest BCUT2D eigenvalue weighted by Gasteiger charge is -2.39. The summed E-state index contributed by atoms with van der Waals surface area (Å²) in [5, 5.41) is 42.5. The van der Waals surface area contributed by atoms with Gasteiger partial charge >= 0.3 is 10.4 Å². The number of oxime groups is 1. The van der Waals surface area contributed by atoms with E-state index in [0.29, 0.717) is 12.8 Å². The van der Waals surface area contributed by atoms with Gasteiger partial charge in [0, 0.05) is 0 Å². The van der Waals surface area contributed by atoms with Crippen molar-refractivity contribution in [3.8, 4) is 0 Å². The fourth-order valence-electron chi connectivity index (χ4n) is 2.57. The van der Waals surface area contributed by atoms with Gasteiger partial charge < -0.3 is 25.2 Å². The molecule has 1 saturated heterocycles. The van der Waals surface area contributed by atoms with Crippen LogP contribution in [-0.2, 0) is 19.4 Å². The minimum atomic E-state index is -4.79. The Balaban J connectivity index is 2.66. The highest BCUT2D eigenvalue weighted by atomic mass is 32.3. The van der Waals surface area contributed by atoms with E-state index in [1.165, 1.54) is 0 Å². The lowest BCUT2D eigenvalue weighted by Crippen LogP contribution is -2.57. The molecule has 0 aromatic carbocycles. The van der Waals surface area contributed by atoms with Gasteiger partial charge in [-0.05, 0) is 31.3 Å². The predicted octanol–water partition coefficient (Wildman–Crippen LogP) is 0.356. The van der Waals surface area contributed by atoms with Crippen LogP contribution in [0.3, 0.4) is 0 Å². The first-order valence-electron chi connectivity index (χ1n) is 8.88. The smallest absolute Gasteiger partial charge is 0.394 e. The van der Waals surface area contributed by atoms with Crippen molar-refractivity contribution in [1.29, 1.82) is 0 Å². The molecule has 13 heteroatoms. The molecule has 10 nitrogen and oxygen atoms in total. The third-order valence-electron chi connectivity index (χ3n) is 4.07. The maximum atomic E-state index is 10.8. The molecular formula is C15H29NO9S3. The first-order valence-corrected chi connectivity index (χ1v) is 12.5. The molecule has 166 valence electrons. The normalized spacial score (nSPS) is 29.1. The number of hydrogen-bond acceptors (Lipinski definition) is 11. The second kappa shape index (κ2) is 13.2. The zero-order valence-corrected chi connectivity index (χ0v) is 18.0. The Bertz CT molecular complexity index is 573. The SMILES string of the molecule is CSCCCCCCC/C(=N/OS(=O)(=O)O)S[C@@H]1O[C@@H](CO)[C@@H](O)[C@H](O)[C@H]1O. The summed E-state index contributed by atoms with van der Waals surface area (Å²) >= 11 is 2.59. The molecule has 0 spiro atoms. The van der Waals surface area contributed by atoms with Crippen LogP contribution in [0.5, 0.6) is 0 Å². The molecule has 0 radical (unpaired) electrons. The molecule has 5 atom stereocenters. The third-order valence-corrected chi connectivity index (χ3v) is 6.21. The Kier molecular flexibility index (Phi) is 12.3. The lowest BCUT2D eigenvalue weighted by atomic mass is 10.0. The van der Waals surface area contributed by atoms with E-state index < -0.39 is 46.9 Å². The molecule has 5 N–H and O–H groups in total. The van der Waals surface area contributed by atoms with Gasteiger partial charge in [-0.2, -0.15) is 20.2 Å². The molecule has 0 unspecified atom stereocenters. The fourth-order valence-corrected chi connectivity index (χ4v) is 4.40. The molecule has 0 aliphatic carbocycles. The summed E-state index contributed by atoms with van der Waals surface area (Å²) in [5.74, 6) is 1.10. The molecular weight excluding hydrogens is 434 g/mol. The Labute approximate surface area is 173 Å². The number of ether oxygens (including phenoxy) is 1. The summed E-state index contributed by atoms with van der Waals surface area (Å²) < 4.78 is 39.7. The number of rotatable bonds is 12. The second-order valence-corrected chi connectivity index (χ2v) is 9.47. The van der Waals surface area contributed by atoms with Crippen molar-refractivity contribution in [1.82, 2.24) is 0 Å². The van der Waals surface area contributed by atoms with E-state index in [9.17, 15) is 28.8 Å². The maximum Gasteiger partial charge on any atom is 0.466 e.